The minimum Gasteiger partial charge on any atom is -0.312 e. The first-order chi connectivity index (χ1) is 8.78. The largest absolute Gasteiger partial charge is 0.312 e. The lowest BCUT2D eigenvalue weighted by molar-refractivity contribution is -0.00254. The van der Waals surface area contributed by atoms with Gasteiger partial charge in [0.15, 0.2) is 0 Å². The summed E-state index contributed by atoms with van der Waals surface area (Å²) in [5.74, 6) is 0. The third kappa shape index (κ3) is 2.18. The van der Waals surface area contributed by atoms with E-state index in [0.29, 0.717) is 12.1 Å². The van der Waals surface area contributed by atoms with Crippen molar-refractivity contribution in [3.63, 3.8) is 0 Å². The van der Waals surface area contributed by atoms with Crippen LogP contribution in [0.2, 0.25) is 0 Å². The Morgan fingerprint density at radius 3 is 2.28 bits per heavy atom. The summed E-state index contributed by atoms with van der Waals surface area (Å²) in [6.07, 6.45) is 0. The highest BCUT2D eigenvalue weighted by Gasteiger charge is 2.36. The number of rotatable bonds is 3. The molecule has 4 rings (SSSR count). The van der Waals surface area contributed by atoms with Gasteiger partial charge in [0, 0.05) is 44.8 Å². The van der Waals surface area contributed by atoms with E-state index in [9.17, 15) is 0 Å². The summed E-state index contributed by atoms with van der Waals surface area (Å²) in [4.78, 5) is 5.25. The Bertz CT molecular complexity index is 393. The van der Waals surface area contributed by atoms with Gasteiger partial charge in [0.2, 0.25) is 0 Å². The van der Waals surface area contributed by atoms with Crippen LogP contribution >= 0.6 is 0 Å². The number of hydrogen-bond acceptors (Lipinski definition) is 3. The van der Waals surface area contributed by atoms with E-state index in [1.807, 2.05) is 0 Å². The third-order valence-electron chi connectivity index (χ3n) is 4.45. The van der Waals surface area contributed by atoms with Crippen molar-refractivity contribution in [2.24, 2.45) is 0 Å². The van der Waals surface area contributed by atoms with Gasteiger partial charge < -0.3 is 5.32 Å². The smallest absolute Gasteiger partial charge is 0.0488 e. The molecular formula is C15H23N3. The lowest BCUT2D eigenvalue weighted by atomic mass is 9.93. The molecular weight excluding hydrogens is 222 g/mol. The van der Waals surface area contributed by atoms with Crippen molar-refractivity contribution in [3.8, 4) is 0 Å². The number of aryl methyl sites for hydroxylation is 1. The van der Waals surface area contributed by atoms with E-state index in [-0.39, 0.29) is 0 Å². The Morgan fingerprint density at radius 2 is 1.78 bits per heavy atom. The topological polar surface area (TPSA) is 18.5 Å². The van der Waals surface area contributed by atoms with Crippen LogP contribution in [0.4, 0.5) is 0 Å². The van der Waals surface area contributed by atoms with Crippen LogP contribution in [0.25, 0.3) is 0 Å². The second kappa shape index (κ2) is 5.00. The summed E-state index contributed by atoms with van der Waals surface area (Å²) in [5, 5.41) is 3.52. The maximum atomic E-state index is 3.52. The standard InChI is InChI=1S/C15H23N3/c1-12-3-5-13(6-4-12)15(16-2)14-11-17-7-9-18(14)10-8-17/h3-6,14-16H,7-11H2,1-2H3. The molecule has 3 nitrogen and oxygen atoms in total. The van der Waals surface area contributed by atoms with Crippen LogP contribution in [0.3, 0.4) is 0 Å². The number of nitrogens with one attached hydrogen (secondary N) is 1. The summed E-state index contributed by atoms with van der Waals surface area (Å²) >= 11 is 0. The quantitative estimate of drug-likeness (QED) is 0.865. The summed E-state index contributed by atoms with van der Waals surface area (Å²) < 4.78 is 0. The van der Waals surface area contributed by atoms with Crippen molar-refractivity contribution in [3.05, 3.63) is 35.4 Å². The lowest BCUT2D eigenvalue weighted by Crippen LogP contribution is -2.63. The molecule has 2 unspecified atom stereocenters. The number of benzene rings is 1. The first-order valence-corrected chi connectivity index (χ1v) is 6.98. The number of fused-ring (bicyclic) bond motifs is 3. The van der Waals surface area contributed by atoms with E-state index in [1.165, 1.54) is 43.9 Å². The minimum atomic E-state index is 0.452. The molecule has 3 aliphatic heterocycles. The molecule has 2 bridgehead atoms. The van der Waals surface area contributed by atoms with E-state index in [0.717, 1.165) is 0 Å². The summed E-state index contributed by atoms with van der Waals surface area (Å²) in [6.45, 7) is 8.32. The molecule has 0 radical (unpaired) electrons. The predicted molar refractivity (Wildman–Crippen MR) is 74.8 cm³/mol. The van der Waals surface area contributed by atoms with Crippen LogP contribution < -0.4 is 5.32 Å². The number of piperazine rings is 3. The van der Waals surface area contributed by atoms with Crippen LogP contribution in [0, 0.1) is 6.92 Å². The second-order valence-corrected chi connectivity index (χ2v) is 5.58. The van der Waals surface area contributed by atoms with Crippen LogP contribution in [-0.4, -0.2) is 55.6 Å². The molecule has 0 spiro atoms. The van der Waals surface area contributed by atoms with Crippen molar-refractivity contribution in [1.82, 2.24) is 15.1 Å². The van der Waals surface area contributed by atoms with Gasteiger partial charge >= 0.3 is 0 Å². The first-order valence-electron chi connectivity index (χ1n) is 6.98. The highest BCUT2D eigenvalue weighted by molar-refractivity contribution is 5.26. The van der Waals surface area contributed by atoms with E-state index in [1.54, 1.807) is 0 Å². The zero-order valence-electron chi connectivity index (χ0n) is 11.4. The van der Waals surface area contributed by atoms with Gasteiger partial charge in [-0.15, -0.1) is 0 Å². The van der Waals surface area contributed by atoms with Crippen molar-refractivity contribution in [2.75, 3.05) is 39.8 Å². The second-order valence-electron chi connectivity index (χ2n) is 5.58. The number of hydrogen-bond donors (Lipinski definition) is 1. The molecule has 0 aromatic heterocycles. The average Bonchev–Trinajstić information content (AvgIpc) is 2.43. The van der Waals surface area contributed by atoms with Gasteiger partial charge in [-0.3, -0.25) is 9.80 Å². The zero-order valence-corrected chi connectivity index (χ0v) is 11.4. The van der Waals surface area contributed by atoms with Crippen molar-refractivity contribution in [1.29, 1.82) is 0 Å². The molecule has 18 heavy (non-hydrogen) atoms. The van der Waals surface area contributed by atoms with Crippen LogP contribution in [0.1, 0.15) is 17.2 Å². The molecule has 2 atom stereocenters. The van der Waals surface area contributed by atoms with E-state index >= 15 is 0 Å². The molecule has 0 amide bonds. The van der Waals surface area contributed by atoms with E-state index in [2.05, 4.69) is 53.4 Å². The lowest BCUT2D eigenvalue weighted by Gasteiger charge is -2.50. The molecule has 0 aliphatic carbocycles. The van der Waals surface area contributed by atoms with Crippen LogP contribution in [0.5, 0.6) is 0 Å². The van der Waals surface area contributed by atoms with Crippen molar-refractivity contribution < 1.29 is 0 Å². The van der Waals surface area contributed by atoms with Gasteiger partial charge in [0.05, 0.1) is 0 Å². The van der Waals surface area contributed by atoms with Gasteiger partial charge in [-0.05, 0) is 19.5 Å². The molecule has 1 aromatic rings. The zero-order chi connectivity index (χ0) is 12.5. The summed E-state index contributed by atoms with van der Waals surface area (Å²) in [5.41, 5.74) is 2.75. The van der Waals surface area contributed by atoms with Crippen molar-refractivity contribution >= 4 is 0 Å². The minimum absolute atomic E-state index is 0.452. The van der Waals surface area contributed by atoms with E-state index in [4.69, 9.17) is 0 Å². The molecule has 3 heterocycles. The average molecular weight is 245 g/mol. The van der Waals surface area contributed by atoms with Crippen molar-refractivity contribution in [2.45, 2.75) is 19.0 Å². The molecule has 98 valence electrons. The Balaban J connectivity index is 1.81. The number of likely N-dealkylation sites (N-methyl/N-ethyl adjacent to an activating group) is 1. The van der Waals surface area contributed by atoms with Crippen LogP contribution in [-0.2, 0) is 0 Å². The molecule has 3 aliphatic rings. The number of nitrogens with zero attached hydrogens (tertiary/aromatic N) is 2. The first kappa shape index (κ1) is 12.2. The fourth-order valence-electron chi connectivity index (χ4n) is 3.33. The maximum absolute atomic E-state index is 3.52. The predicted octanol–water partition coefficient (Wildman–Crippen LogP) is 1.26. The Hall–Kier alpha value is -0.900. The Kier molecular flexibility index (Phi) is 3.37. The maximum Gasteiger partial charge on any atom is 0.0488 e. The highest BCUT2D eigenvalue weighted by atomic mass is 15.4. The fourth-order valence-corrected chi connectivity index (χ4v) is 3.33. The van der Waals surface area contributed by atoms with Gasteiger partial charge in [-0.2, -0.15) is 0 Å². The van der Waals surface area contributed by atoms with Gasteiger partial charge in [-0.1, -0.05) is 29.8 Å². The van der Waals surface area contributed by atoms with Gasteiger partial charge in [-0.25, -0.2) is 0 Å². The monoisotopic (exact) mass is 245 g/mol. The Morgan fingerprint density at radius 1 is 1.11 bits per heavy atom. The molecule has 1 N–H and O–H groups in total. The van der Waals surface area contributed by atoms with E-state index < -0.39 is 0 Å². The Labute approximate surface area is 110 Å². The SMILES string of the molecule is CNC(c1ccc(C)cc1)C1CN2CCN1CC2. The summed E-state index contributed by atoms with van der Waals surface area (Å²) in [7, 11) is 2.09. The molecule has 0 saturated carbocycles. The molecule has 3 heteroatoms. The summed E-state index contributed by atoms with van der Waals surface area (Å²) in [6, 6.07) is 10.1. The fraction of sp³-hybridized carbons (Fsp3) is 0.600. The molecule has 3 fully saturated rings. The molecule has 3 saturated heterocycles. The van der Waals surface area contributed by atoms with Gasteiger partial charge in [0.1, 0.15) is 0 Å². The van der Waals surface area contributed by atoms with Crippen LogP contribution in [0.15, 0.2) is 24.3 Å². The normalized spacial score (nSPS) is 32.4. The highest BCUT2D eigenvalue weighted by Crippen LogP contribution is 2.27. The third-order valence-corrected chi connectivity index (χ3v) is 4.45. The van der Waals surface area contributed by atoms with Gasteiger partial charge in [0.25, 0.3) is 0 Å². The molecule has 1 aromatic carbocycles.